The molecule has 2 aromatic heterocycles. The highest BCUT2D eigenvalue weighted by Gasteiger charge is 2.44. The number of amides is 1. The van der Waals surface area contributed by atoms with Crippen molar-refractivity contribution in [3.8, 4) is 0 Å². The molecule has 2 aromatic carbocycles. The van der Waals surface area contributed by atoms with Gasteiger partial charge in [-0.3, -0.25) is 19.9 Å². The molecule has 11 heteroatoms. The summed E-state index contributed by atoms with van der Waals surface area (Å²) in [4.78, 5) is 32.6. The molecule has 6 rings (SSSR count). The van der Waals surface area contributed by atoms with E-state index in [4.69, 9.17) is 18.9 Å². The molecule has 1 fully saturated rings. The maximum Gasteiger partial charge on any atom is 0.262 e. The van der Waals surface area contributed by atoms with E-state index in [1.807, 2.05) is 79.7 Å². The lowest BCUT2D eigenvalue weighted by Gasteiger charge is -2.40. The molecular weight excluding hydrogens is 612 g/mol. The maximum atomic E-state index is 13.0. The van der Waals surface area contributed by atoms with Crippen LogP contribution in [0.15, 0.2) is 95.5 Å². The number of fused-ring (bicyclic) bond motifs is 1. The van der Waals surface area contributed by atoms with Crippen LogP contribution in [0.4, 0.5) is 5.95 Å². The summed E-state index contributed by atoms with van der Waals surface area (Å²) in [7, 11) is 3.23. The predicted molar refractivity (Wildman–Crippen MR) is 181 cm³/mol. The third-order valence-electron chi connectivity index (χ3n) is 9.20. The van der Waals surface area contributed by atoms with Crippen molar-refractivity contribution in [1.29, 1.82) is 0 Å². The first-order valence-corrected chi connectivity index (χ1v) is 16.1. The predicted octanol–water partition coefficient (Wildman–Crippen LogP) is 5.11. The lowest BCUT2D eigenvalue weighted by molar-refractivity contribution is -0.168. The first-order chi connectivity index (χ1) is 23.1. The van der Waals surface area contributed by atoms with E-state index in [1.165, 1.54) is 0 Å². The number of aromatic amines is 1. The molecule has 48 heavy (non-hydrogen) atoms. The number of methoxy groups -OCH3 is 2. The van der Waals surface area contributed by atoms with Crippen LogP contribution < -0.4 is 10.9 Å². The molecule has 1 aliphatic heterocycles. The highest BCUT2D eigenvalue weighted by Crippen LogP contribution is 2.45. The molecule has 0 spiro atoms. The number of hydrogen-bond acceptors (Lipinski definition) is 8. The number of aliphatic hydroxyl groups is 1. The second kappa shape index (κ2) is 13.6. The van der Waals surface area contributed by atoms with Crippen LogP contribution in [-0.4, -0.2) is 64.4 Å². The number of nitrogens with one attached hydrogen (secondary N) is 2. The first-order valence-electron chi connectivity index (χ1n) is 16.1. The number of H-pyrrole nitrogens is 1. The standard InChI is InChI=1S/C37H42N4O7/c1-23(2)33(43)39-35-38-32-31(34(44)40-35)24(3)21-41(32)30-20-28(42)29(48-30)22-47-37(25-12-8-6-9-13-25,26-14-10-7-11-15-26)27-16-18-36(45-4,46-5)19-17-27/h6-18,21,23,28-30,42H,19-20,22H2,1-5H3,(H2,38,39,40,43,44)/t28-,29+,30+/m0/s1. The number of carbonyl (C=O) groups is 1. The second-order valence-corrected chi connectivity index (χ2v) is 12.5. The van der Waals surface area contributed by atoms with Crippen LogP contribution in [0.5, 0.6) is 0 Å². The van der Waals surface area contributed by atoms with Gasteiger partial charge in [0.2, 0.25) is 11.9 Å². The van der Waals surface area contributed by atoms with E-state index in [9.17, 15) is 14.7 Å². The number of ether oxygens (including phenoxy) is 4. The number of hydrogen-bond donors (Lipinski definition) is 3. The zero-order chi connectivity index (χ0) is 34.1. The summed E-state index contributed by atoms with van der Waals surface area (Å²) in [6, 6.07) is 19.9. The quantitative estimate of drug-likeness (QED) is 0.190. The van der Waals surface area contributed by atoms with Gasteiger partial charge in [-0.1, -0.05) is 86.7 Å². The van der Waals surface area contributed by atoms with Crippen LogP contribution in [0.3, 0.4) is 0 Å². The summed E-state index contributed by atoms with van der Waals surface area (Å²) in [6.45, 7) is 5.38. The molecule has 1 saturated heterocycles. The van der Waals surface area contributed by atoms with E-state index in [-0.39, 0.29) is 36.4 Å². The van der Waals surface area contributed by atoms with Gasteiger partial charge < -0.3 is 28.6 Å². The summed E-state index contributed by atoms with van der Waals surface area (Å²) >= 11 is 0. The summed E-state index contributed by atoms with van der Waals surface area (Å²) in [5.41, 5.74) is 2.33. The summed E-state index contributed by atoms with van der Waals surface area (Å²) in [5, 5.41) is 14.4. The molecule has 0 radical (unpaired) electrons. The molecule has 2 aliphatic rings. The lowest BCUT2D eigenvalue weighted by atomic mass is 9.77. The van der Waals surface area contributed by atoms with Crippen molar-refractivity contribution in [2.24, 2.45) is 5.92 Å². The highest BCUT2D eigenvalue weighted by atomic mass is 16.7. The second-order valence-electron chi connectivity index (χ2n) is 12.5. The smallest absolute Gasteiger partial charge is 0.262 e. The summed E-state index contributed by atoms with van der Waals surface area (Å²) < 4.78 is 26.6. The van der Waals surface area contributed by atoms with E-state index in [0.717, 1.165) is 16.7 Å². The molecule has 1 amide bonds. The molecule has 3 N–H and O–H groups in total. The number of aliphatic hydroxyl groups excluding tert-OH is 1. The minimum Gasteiger partial charge on any atom is -0.390 e. The Morgan fingerprint density at radius 2 is 1.77 bits per heavy atom. The Hall–Kier alpha value is -4.39. The topological polar surface area (TPSA) is 137 Å². The van der Waals surface area contributed by atoms with E-state index < -0.39 is 29.8 Å². The molecule has 3 heterocycles. The molecule has 252 valence electrons. The Morgan fingerprint density at radius 3 is 2.33 bits per heavy atom. The third kappa shape index (κ3) is 6.15. The van der Waals surface area contributed by atoms with Gasteiger partial charge in [-0.2, -0.15) is 4.98 Å². The van der Waals surface area contributed by atoms with Crippen LogP contribution >= 0.6 is 0 Å². The van der Waals surface area contributed by atoms with Crippen LogP contribution in [0.25, 0.3) is 11.0 Å². The number of benzene rings is 2. The van der Waals surface area contributed by atoms with Crippen molar-refractivity contribution in [2.45, 2.75) is 63.4 Å². The molecule has 1 aliphatic carbocycles. The Labute approximate surface area is 279 Å². The van der Waals surface area contributed by atoms with Gasteiger partial charge in [0.25, 0.3) is 5.56 Å². The zero-order valence-electron chi connectivity index (χ0n) is 27.8. The van der Waals surface area contributed by atoms with E-state index in [0.29, 0.717) is 23.0 Å². The minimum absolute atomic E-state index is 0.0498. The average molecular weight is 655 g/mol. The van der Waals surface area contributed by atoms with Gasteiger partial charge in [-0.25, -0.2) is 0 Å². The monoisotopic (exact) mass is 654 g/mol. The molecule has 0 saturated carbocycles. The first kappa shape index (κ1) is 33.5. The van der Waals surface area contributed by atoms with Gasteiger partial charge in [0.1, 0.15) is 17.9 Å². The number of aryl methyl sites for hydroxylation is 1. The number of carbonyl (C=O) groups excluding carboxylic acids is 1. The van der Waals surface area contributed by atoms with Crippen molar-refractivity contribution in [2.75, 3.05) is 26.1 Å². The summed E-state index contributed by atoms with van der Waals surface area (Å²) in [5.74, 6) is -1.39. The van der Waals surface area contributed by atoms with Crippen molar-refractivity contribution in [3.63, 3.8) is 0 Å². The van der Waals surface area contributed by atoms with Gasteiger partial charge in [-0.15, -0.1) is 0 Å². The molecule has 0 unspecified atom stereocenters. The van der Waals surface area contributed by atoms with Gasteiger partial charge in [0.05, 0.1) is 18.1 Å². The van der Waals surface area contributed by atoms with Crippen LogP contribution in [-0.2, 0) is 29.3 Å². The van der Waals surface area contributed by atoms with E-state index in [1.54, 1.807) is 38.8 Å². The Kier molecular flexibility index (Phi) is 9.50. The fourth-order valence-corrected chi connectivity index (χ4v) is 6.47. The zero-order valence-corrected chi connectivity index (χ0v) is 27.8. The highest BCUT2D eigenvalue weighted by molar-refractivity contribution is 5.91. The Morgan fingerprint density at radius 1 is 1.12 bits per heavy atom. The van der Waals surface area contributed by atoms with Crippen LogP contribution in [0.2, 0.25) is 0 Å². The Bertz CT molecular complexity index is 1840. The number of nitrogens with zero attached hydrogens (tertiary/aromatic N) is 2. The van der Waals surface area contributed by atoms with Gasteiger partial charge in [0, 0.05) is 39.2 Å². The minimum atomic E-state index is -1.05. The van der Waals surface area contributed by atoms with Gasteiger partial charge in [-0.05, 0) is 35.3 Å². The van der Waals surface area contributed by atoms with Crippen LogP contribution in [0, 0.1) is 12.8 Å². The van der Waals surface area contributed by atoms with Crippen molar-refractivity contribution in [1.82, 2.24) is 14.5 Å². The Balaban J connectivity index is 1.33. The maximum absolute atomic E-state index is 13.0. The number of anilines is 1. The van der Waals surface area contributed by atoms with Gasteiger partial charge in [0.15, 0.2) is 11.4 Å². The molecule has 3 atom stereocenters. The fraction of sp³-hybridized carbons (Fsp3) is 0.378. The SMILES string of the molecule is COC1(OC)C=CC(C(OC[C@H]2O[C@@H](n3cc(C)c4c(=O)[nH]c(NC(=O)C(C)C)nc43)C[C@@H]2O)(c2ccccc2)c2ccccc2)=CC1. The van der Waals surface area contributed by atoms with Crippen molar-refractivity contribution >= 4 is 22.9 Å². The van der Waals surface area contributed by atoms with Gasteiger partial charge >= 0.3 is 0 Å². The van der Waals surface area contributed by atoms with Crippen molar-refractivity contribution < 1.29 is 28.8 Å². The van der Waals surface area contributed by atoms with E-state index >= 15 is 0 Å². The average Bonchev–Trinajstić information content (AvgIpc) is 3.64. The lowest BCUT2D eigenvalue weighted by Crippen LogP contribution is -2.40. The van der Waals surface area contributed by atoms with E-state index in [2.05, 4.69) is 21.4 Å². The number of rotatable bonds is 11. The van der Waals surface area contributed by atoms with Crippen LogP contribution in [0.1, 0.15) is 49.6 Å². The molecule has 4 aromatic rings. The molecule has 11 nitrogen and oxygen atoms in total. The normalized spacial score (nSPS) is 20.7. The molecule has 0 bridgehead atoms. The number of aromatic nitrogens is 3. The summed E-state index contributed by atoms with van der Waals surface area (Å²) in [6.07, 6.45) is 6.23. The van der Waals surface area contributed by atoms with Crippen molar-refractivity contribution in [3.05, 3.63) is 118 Å². The fourth-order valence-electron chi connectivity index (χ4n) is 6.47. The molecular formula is C37H42N4O7. The largest absolute Gasteiger partial charge is 0.390 e. The third-order valence-corrected chi connectivity index (χ3v) is 9.20.